The second kappa shape index (κ2) is 5.54. The van der Waals surface area contributed by atoms with Crippen LogP contribution in [0.25, 0.3) is 5.69 Å². The van der Waals surface area contributed by atoms with Crippen LogP contribution < -0.4 is 4.90 Å². The van der Waals surface area contributed by atoms with Crippen LogP contribution in [0, 0.1) is 0 Å². The largest absolute Gasteiger partial charge is 0.453 e. The Labute approximate surface area is 132 Å². The predicted molar refractivity (Wildman–Crippen MR) is 82.0 cm³/mol. The highest BCUT2D eigenvalue weighted by Gasteiger charge is 2.38. The molecule has 1 aromatic heterocycles. The lowest BCUT2D eigenvalue weighted by molar-refractivity contribution is -0.144. The molecule has 1 aliphatic rings. The summed E-state index contributed by atoms with van der Waals surface area (Å²) in [5.74, 6) is -0.518. The monoisotopic (exact) mass is 324 g/mol. The zero-order valence-corrected chi connectivity index (χ0v) is 13.4. The van der Waals surface area contributed by atoms with Gasteiger partial charge in [-0.15, -0.1) is 5.10 Å². The molecule has 0 unspecified atom stereocenters. The Bertz CT molecular complexity index is 715. The summed E-state index contributed by atoms with van der Waals surface area (Å²) in [4.78, 5) is 5.22. The number of rotatable bonds is 4. The van der Waals surface area contributed by atoms with Crippen molar-refractivity contribution in [1.29, 1.82) is 0 Å². The van der Waals surface area contributed by atoms with E-state index < -0.39 is 12.0 Å². The van der Waals surface area contributed by atoms with Crippen molar-refractivity contribution in [3.63, 3.8) is 0 Å². The third-order valence-corrected chi connectivity index (χ3v) is 3.99. The van der Waals surface area contributed by atoms with Gasteiger partial charge in [0.25, 0.3) is 5.82 Å². The SMILES string of the molecule is CCc1ccc(-n2nc(C(F)(F)F)nc2N(C)C)c(C2CC2)c1. The van der Waals surface area contributed by atoms with Crippen molar-refractivity contribution in [2.24, 2.45) is 0 Å². The van der Waals surface area contributed by atoms with Crippen molar-refractivity contribution >= 4 is 5.95 Å². The number of halogens is 3. The zero-order chi connectivity index (χ0) is 16.8. The van der Waals surface area contributed by atoms with Crippen molar-refractivity contribution in [1.82, 2.24) is 14.8 Å². The molecule has 3 rings (SSSR count). The first-order chi connectivity index (χ1) is 10.8. The maximum atomic E-state index is 13.0. The van der Waals surface area contributed by atoms with E-state index in [4.69, 9.17) is 0 Å². The van der Waals surface area contributed by atoms with Crippen LogP contribution in [0.4, 0.5) is 19.1 Å². The highest BCUT2D eigenvalue weighted by Crippen LogP contribution is 2.43. The smallest absolute Gasteiger partial charge is 0.347 e. The van der Waals surface area contributed by atoms with Gasteiger partial charge in [-0.25, -0.2) is 0 Å². The Kier molecular flexibility index (Phi) is 3.82. The van der Waals surface area contributed by atoms with Gasteiger partial charge in [-0.2, -0.15) is 22.8 Å². The number of anilines is 1. The summed E-state index contributed by atoms with van der Waals surface area (Å²) in [6, 6.07) is 5.88. The third kappa shape index (κ3) is 3.04. The molecule has 0 atom stereocenters. The molecular weight excluding hydrogens is 305 g/mol. The minimum Gasteiger partial charge on any atom is -0.347 e. The van der Waals surface area contributed by atoms with Crippen LogP contribution in [-0.2, 0) is 12.6 Å². The minimum atomic E-state index is -4.56. The fourth-order valence-electron chi connectivity index (χ4n) is 2.61. The third-order valence-electron chi connectivity index (χ3n) is 3.99. The van der Waals surface area contributed by atoms with Crippen LogP contribution in [0.1, 0.15) is 42.6 Å². The highest BCUT2D eigenvalue weighted by molar-refractivity contribution is 5.51. The molecule has 7 heteroatoms. The van der Waals surface area contributed by atoms with Gasteiger partial charge in [-0.1, -0.05) is 19.1 Å². The number of hydrogen-bond donors (Lipinski definition) is 0. The summed E-state index contributed by atoms with van der Waals surface area (Å²) in [6.45, 7) is 2.06. The Morgan fingerprint density at radius 2 is 1.96 bits per heavy atom. The molecule has 1 fully saturated rings. The van der Waals surface area contributed by atoms with Crippen LogP contribution in [0.15, 0.2) is 18.2 Å². The summed E-state index contributed by atoms with van der Waals surface area (Å²) in [6.07, 6.45) is -1.53. The molecule has 0 saturated heterocycles. The van der Waals surface area contributed by atoms with E-state index >= 15 is 0 Å². The Morgan fingerprint density at radius 1 is 1.26 bits per heavy atom. The Balaban J connectivity index is 2.16. The van der Waals surface area contributed by atoms with Gasteiger partial charge in [0, 0.05) is 14.1 Å². The molecule has 0 amide bonds. The molecule has 1 saturated carbocycles. The molecule has 1 heterocycles. The van der Waals surface area contributed by atoms with Gasteiger partial charge < -0.3 is 4.90 Å². The maximum Gasteiger partial charge on any atom is 0.453 e. The normalized spacial score (nSPS) is 15.0. The van der Waals surface area contributed by atoms with Crippen LogP contribution in [0.2, 0.25) is 0 Å². The molecule has 2 aromatic rings. The van der Waals surface area contributed by atoms with E-state index in [0.29, 0.717) is 11.6 Å². The van der Waals surface area contributed by atoms with Gasteiger partial charge in [0.15, 0.2) is 0 Å². The van der Waals surface area contributed by atoms with Crippen LogP contribution in [0.5, 0.6) is 0 Å². The van der Waals surface area contributed by atoms with Gasteiger partial charge in [0.2, 0.25) is 5.95 Å². The molecule has 124 valence electrons. The first kappa shape index (κ1) is 15.8. The quantitative estimate of drug-likeness (QED) is 0.858. The summed E-state index contributed by atoms with van der Waals surface area (Å²) in [5.41, 5.74) is 2.93. The molecule has 0 bridgehead atoms. The second-order valence-electron chi connectivity index (χ2n) is 6.06. The number of aryl methyl sites for hydroxylation is 1. The highest BCUT2D eigenvalue weighted by atomic mass is 19.4. The number of benzene rings is 1. The van der Waals surface area contributed by atoms with Gasteiger partial charge >= 0.3 is 6.18 Å². The Hall–Kier alpha value is -2.05. The Morgan fingerprint density at radius 3 is 2.48 bits per heavy atom. The van der Waals surface area contributed by atoms with E-state index in [9.17, 15) is 13.2 Å². The van der Waals surface area contributed by atoms with E-state index in [1.54, 1.807) is 19.0 Å². The van der Waals surface area contributed by atoms with Crippen LogP contribution in [-0.4, -0.2) is 28.9 Å². The fourth-order valence-corrected chi connectivity index (χ4v) is 2.61. The number of nitrogens with zero attached hydrogens (tertiary/aromatic N) is 4. The molecule has 1 aliphatic carbocycles. The van der Waals surface area contributed by atoms with Crippen molar-refractivity contribution in [3.8, 4) is 5.69 Å². The standard InChI is InChI=1S/C16H19F3N4/c1-4-10-5-8-13(12(9-10)11-6-7-11)23-15(22(2)3)20-14(21-23)16(17,18)19/h5,8-9,11H,4,6-7H2,1-3H3. The fraction of sp³-hybridized carbons (Fsp3) is 0.500. The van der Waals surface area contributed by atoms with Crippen molar-refractivity contribution in [2.75, 3.05) is 19.0 Å². The molecular formula is C16H19F3N4. The summed E-state index contributed by atoms with van der Waals surface area (Å²) in [7, 11) is 3.33. The van der Waals surface area contributed by atoms with Gasteiger partial charge in [0.1, 0.15) is 0 Å². The lowest BCUT2D eigenvalue weighted by Crippen LogP contribution is -2.16. The molecule has 23 heavy (non-hydrogen) atoms. The van der Waals surface area contributed by atoms with E-state index in [0.717, 1.165) is 24.8 Å². The van der Waals surface area contributed by atoms with Gasteiger partial charge in [0.05, 0.1) is 5.69 Å². The van der Waals surface area contributed by atoms with Crippen molar-refractivity contribution in [3.05, 3.63) is 35.2 Å². The predicted octanol–water partition coefficient (Wildman–Crippen LogP) is 3.79. The molecule has 0 N–H and O–H groups in total. The lowest BCUT2D eigenvalue weighted by Gasteiger charge is -2.16. The zero-order valence-electron chi connectivity index (χ0n) is 13.4. The van der Waals surface area contributed by atoms with E-state index in [-0.39, 0.29) is 5.95 Å². The van der Waals surface area contributed by atoms with Gasteiger partial charge in [-0.05, 0) is 42.4 Å². The van der Waals surface area contributed by atoms with E-state index in [1.807, 2.05) is 12.1 Å². The summed E-state index contributed by atoms with van der Waals surface area (Å²) < 4.78 is 40.3. The average molecular weight is 324 g/mol. The summed E-state index contributed by atoms with van der Waals surface area (Å²) >= 11 is 0. The number of aromatic nitrogens is 3. The van der Waals surface area contributed by atoms with Crippen molar-refractivity contribution < 1.29 is 13.2 Å². The van der Waals surface area contributed by atoms with Crippen molar-refractivity contribution in [2.45, 2.75) is 38.3 Å². The number of alkyl halides is 3. The minimum absolute atomic E-state index is 0.184. The molecule has 0 aliphatic heterocycles. The molecule has 4 nitrogen and oxygen atoms in total. The van der Waals surface area contributed by atoms with E-state index in [2.05, 4.69) is 23.1 Å². The lowest BCUT2D eigenvalue weighted by atomic mass is 10.0. The molecule has 0 spiro atoms. The average Bonchev–Trinajstić information content (AvgIpc) is 3.23. The van der Waals surface area contributed by atoms with Gasteiger partial charge in [-0.3, -0.25) is 0 Å². The van der Waals surface area contributed by atoms with Crippen LogP contribution >= 0.6 is 0 Å². The second-order valence-corrected chi connectivity index (χ2v) is 6.06. The summed E-state index contributed by atoms with van der Waals surface area (Å²) in [5, 5.41) is 3.74. The number of hydrogen-bond acceptors (Lipinski definition) is 3. The van der Waals surface area contributed by atoms with Crippen LogP contribution in [0.3, 0.4) is 0 Å². The molecule has 0 radical (unpaired) electrons. The first-order valence-electron chi connectivity index (χ1n) is 7.66. The first-order valence-corrected chi connectivity index (χ1v) is 7.66. The topological polar surface area (TPSA) is 34.0 Å². The van der Waals surface area contributed by atoms with E-state index in [1.165, 1.54) is 10.2 Å². The molecule has 1 aromatic carbocycles. The maximum absolute atomic E-state index is 13.0.